The summed E-state index contributed by atoms with van der Waals surface area (Å²) in [5.74, 6) is -11.0. The Morgan fingerprint density at radius 2 is 0.725 bits per heavy atom. The predicted octanol–water partition coefficient (Wildman–Crippen LogP) is 24.0. The molecule has 0 aliphatic heterocycles. The van der Waals surface area contributed by atoms with E-state index in [-0.39, 0.29) is 115 Å². The minimum absolute atomic E-state index is 0. The maximum absolute atomic E-state index is 12.9. The third kappa shape index (κ3) is 36.7. The Kier molecular flexibility index (Phi) is 59.5. The van der Waals surface area contributed by atoms with Crippen molar-refractivity contribution in [1.29, 1.82) is 0 Å². The molecule has 5 aliphatic rings. The van der Waals surface area contributed by atoms with Gasteiger partial charge in [0, 0.05) is 11.5 Å². The van der Waals surface area contributed by atoms with Gasteiger partial charge in [0.25, 0.3) is 16.8 Å². The Hall–Kier alpha value is -6.79. The summed E-state index contributed by atoms with van der Waals surface area (Å²) in [4.78, 5) is 78.1. The molecule has 6 rings (SSSR count). The van der Waals surface area contributed by atoms with Gasteiger partial charge >= 0.3 is 115 Å². The first kappa shape index (κ1) is 142. The topological polar surface area (TPSA) is 285 Å². The molecule has 131 heavy (non-hydrogen) atoms. The Balaban J connectivity index is -0.000000193. The van der Waals surface area contributed by atoms with Gasteiger partial charge in [-0.25, -0.2) is 9.59 Å². The van der Waals surface area contributed by atoms with Crippen LogP contribution in [0.5, 0.6) is 5.75 Å². The smallest absolute Gasteiger partial charge is 0.437 e. The molecule has 19 nitrogen and oxygen atoms in total. The zero-order valence-corrected chi connectivity index (χ0v) is 68.2. The van der Waals surface area contributed by atoms with Crippen LogP contribution in [0.25, 0.3) is 0 Å². The number of alkyl halides is 30. The number of ether oxygens (including phenoxy) is 7. The van der Waals surface area contributed by atoms with E-state index < -0.39 is 211 Å². The summed E-state index contributed by atoms with van der Waals surface area (Å²) in [6.07, 6.45) is -52.6. The molecule has 8 atom stereocenters. The van der Waals surface area contributed by atoms with Crippen molar-refractivity contribution >= 4 is 41.8 Å². The van der Waals surface area contributed by atoms with Gasteiger partial charge in [-0.1, -0.05) is 160 Å². The maximum atomic E-state index is 12.9. The molecule has 1 aromatic rings. The number of fused-ring (bicyclic) bond motifs is 4. The highest BCUT2D eigenvalue weighted by Crippen LogP contribution is 2.58. The molecule has 4 bridgehead atoms. The highest BCUT2D eigenvalue weighted by atomic mass is 19.5. The standard InChI is InChI=1S/C17H24F6O3.C14H20F6O3.C14H14F6O3.C11H14F6O5.C7H12.C6H12O2.C5H4F6O3.8CH4/c1-4-14(2,3)13(24)26-12-7-9-5-10(12)6-11(9)8-15(25,16(18,19)20)17(21,22)23;2*1-3-8(2)11(21)23-10-6-4-9(5-7-10)12(22,13(15,16)17)14(18,19)20;1-3-6(2)7(18)21-4-5-22-8(19)9(20,10(12,13)14)11(15,16)17;1-2-7-4-3-6(1)5-7;1-4-5(2)6(7)8-3;1-14-2(12)3(13,4(6,7)8)5(9,10)11;;;;;;;;/h9-12,25H,4-8H2,1-3H3;8-10,22H,3-7H2,1-2H3;4-8,22H,3H2,1-2H3;6,20H,3-5H2,1-2H3;6-7H,1-5H2;5H,4H2,1-3H3;13H,1H3;8*1H4. The van der Waals surface area contributed by atoms with Crippen LogP contribution in [0.2, 0.25) is 0 Å². The molecule has 0 spiro atoms. The number of hydrogen-bond donors (Lipinski definition) is 5. The molecule has 0 heterocycles. The number of aliphatic hydroxyl groups is 5. The van der Waals surface area contributed by atoms with E-state index >= 15 is 0 Å². The van der Waals surface area contributed by atoms with Gasteiger partial charge in [0.1, 0.15) is 31.2 Å². The fraction of sp³-hybridized carbons (Fsp3) is 0.841. The van der Waals surface area contributed by atoms with E-state index in [9.17, 15) is 181 Å². The quantitative estimate of drug-likeness (QED) is 0.0237. The summed E-state index contributed by atoms with van der Waals surface area (Å²) in [7, 11) is 1.71. The first-order valence-corrected chi connectivity index (χ1v) is 37.8. The zero-order chi connectivity index (χ0) is 97.0. The lowest BCUT2D eigenvalue weighted by molar-refractivity contribution is -0.387. The van der Waals surface area contributed by atoms with Gasteiger partial charge in [-0.05, 0) is 145 Å². The van der Waals surface area contributed by atoms with Crippen molar-refractivity contribution in [3.8, 4) is 5.75 Å². The average molecular weight is 1990 g/mol. The molecule has 1 aromatic carbocycles. The number of halogens is 30. The van der Waals surface area contributed by atoms with Gasteiger partial charge in [0.2, 0.25) is 0 Å². The molecule has 5 N–H and O–H groups in total. The molecule has 0 saturated heterocycles. The fourth-order valence-corrected chi connectivity index (χ4v) is 12.4. The molecule has 8 unspecified atom stereocenters. The van der Waals surface area contributed by atoms with E-state index in [1.807, 2.05) is 20.8 Å². The van der Waals surface area contributed by atoms with Crippen molar-refractivity contribution in [2.24, 2.45) is 64.6 Å². The van der Waals surface area contributed by atoms with Crippen LogP contribution >= 0.6 is 0 Å². The van der Waals surface area contributed by atoms with Crippen molar-refractivity contribution in [2.45, 2.75) is 353 Å². The Bertz CT molecular complexity index is 3380. The second kappa shape index (κ2) is 54.8. The lowest BCUT2D eigenvalue weighted by Crippen LogP contribution is -2.63. The highest BCUT2D eigenvalue weighted by Gasteiger charge is 2.79. The second-order valence-corrected chi connectivity index (χ2v) is 30.6. The molecule has 5 fully saturated rings. The molecular weight excluding hydrogens is 1860 g/mol. The second-order valence-electron chi connectivity index (χ2n) is 30.6. The van der Waals surface area contributed by atoms with E-state index in [1.54, 1.807) is 80.6 Å². The number of benzene rings is 1. The molecule has 0 aromatic heterocycles. The van der Waals surface area contributed by atoms with Gasteiger partial charge in [0.15, 0.2) is 0 Å². The van der Waals surface area contributed by atoms with E-state index in [2.05, 4.69) is 18.9 Å². The van der Waals surface area contributed by atoms with Gasteiger partial charge in [-0.2, -0.15) is 132 Å². The van der Waals surface area contributed by atoms with Crippen LogP contribution in [0.15, 0.2) is 24.3 Å². The van der Waals surface area contributed by atoms with Crippen LogP contribution in [0.4, 0.5) is 132 Å². The van der Waals surface area contributed by atoms with Crippen LogP contribution in [0.3, 0.4) is 0 Å². The van der Waals surface area contributed by atoms with Crippen LogP contribution in [-0.2, 0) is 67.6 Å². The number of methoxy groups -OCH3 is 2. The first-order chi connectivity index (χ1) is 55.2. The summed E-state index contributed by atoms with van der Waals surface area (Å²) in [6, 6.07) is 2.36. The van der Waals surface area contributed by atoms with E-state index in [0.717, 1.165) is 18.6 Å². The summed E-state index contributed by atoms with van der Waals surface area (Å²) >= 11 is 0. The molecule has 0 amide bonds. The van der Waals surface area contributed by atoms with Crippen molar-refractivity contribution in [2.75, 3.05) is 27.4 Å². The molecule has 5 aliphatic carbocycles. The van der Waals surface area contributed by atoms with E-state index in [1.165, 1.54) is 25.9 Å². The van der Waals surface area contributed by atoms with Crippen molar-refractivity contribution in [3.63, 3.8) is 0 Å². The monoisotopic (exact) mass is 1990 g/mol. The third-order valence-corrected chi connectivity index (χ3v) is 21.7. The minimum atomic E-state index is -6.31. The van der Waals surface area contributed by atoms with Gasteiger partial charge in [0.05, 0.1) is 43.3 Å². The van der Waals surface area contributed by atoms with Crippen molar-refractivity contribution in [1.82, 2.24) is 0 Å². The Morgan fingerprint density at radius 3 is 1.01 bits per heavy atom. The number of carbonyl (C=O) groups is 7. The third-order valence-electron chi connectivity index (χ3n) is 21.7. The predicted molar refractivity (Wildman–Crippen MR) is 419 cm³/mol. The fourth-order valence-electron chi connectivity index (χ4n) is 12.4. The average Bonchev–Trinajstić information content (AvgIpc) is 1.59. The summed E-state index contributed by atoms with van der Waals surface area (Å²) in [5, 5.41) is 44.8. The molecule has 5 saturated carbocycles. The minimum Gasteiger partial charge on any atom is -0.469 e. The molecule has 0 radical (unpaired) electrons. The van der Waals surface area contributed by atoms with E-state index in [0.29, 0.717) is 51.3 Å². The maximum Gasteiger partial charge on any atom is 0.437 e. The number of rotatable bonds is 22. The normalized spacial score (nSPS) is 20.2. The molecular formula is C82H132F30O19. The van der Waals surface area contributed by atoms with Crippen molar-refractivity contribution < 1.29 is 224 Å². The Morgan fingerprint density at radius 1 is 0.374 bits per heavy atom. The van der Waals surface area contributed by atoms with Gasteiger partial charge in [-0.3, -0.25) is 24.0 Å². The number of esters is 7. The summed E-state index contributed by atoms with van der Waals surface area (Å²) < 4.78 is 406. The zero-order valence-electron chi connectivity index (χ0n) is 68.2. The number of hydrogen-bond acceptors (Lipinski definition) is 19. The molecule has 49 heteroatoms. The van der Waals surface area contributed by atoms with Crippen LogP contribution < -0.4 is 4.74 Å². The van der Waals surface area contributed by atoms with E-state index in [4.69, 9.17) is 24.4 Å². The molecule has 784 valence electrons. The SMILES string of the molecule is C.C.C.C.C.C.C.C.C1CC2CCC1C2.CCC(C)(C)C(=O)OC1CC2CC1CC2CC(O)(C(F)(F)F)C(F)(F)F.CCC(C)C(=O)OC.CCC(C)C(=O)OC1CCC(C(O)(C(F)(F)F)C(F)(F)F)CC1.CCC(C)C(=O)OCCOC(=O)C(O)(C(F)(F)F)C(F)(F)F.CCC(C)C(=O)Oc1ccc(C(O)(C(F)(F)F)C(F)(F)F)cc1.COC(=O)C(O)(C(F)(F)F)C(F)(F)F. The van der Waals surface area contributed by atoms with Gasteiger partial charge < -0.3 is 58.7 Å². The van der Waals surface area contributed by atoms with Crippen LogP contribution in [0.1, 0.15) is 257 Å². The lowest BCUT2D eigenvalue weighted by atomic mass is 9.75. The highest BCUT2D eigenvalue weighted by molar-refractivity contribution is 5.82. The first-order valence-electron chi connectivity index (χ1n) is 37.8. The summed E-state index contributed by atoms with van der Waals surface area (Å²) in [5.41, 5.74) is -27.7. The van der Waals surface area contributed by atoms with Gasteiger partial charge in [-0.15, -0.1) is 0 Å². The van der Waals surface area contributed by atoms with Crippen LogP contribution in [0, 0.1) is 64.6 Å². The summed E-state index contributed by atoms with van der Waals surface area (Å²) in [6.45, 7) is 17.1. The Labute approximate surface area is 744 Å². The van der Waals surface area contributed by atoms with Crippen LogP contribution in [-0.4, -0.2) is 191 Å². The largest absolute Gasteiger partial charge is 0.469 e. The number of carbonyl (C=O) groups excluding carboxylic acids is 7. The lowest BCUT2D eigenvalue weighted by Gasteiger charge is -2.41. The van der Waals surface area contributed by atoms with Crippen molar-refractivity contribution in [3.05, 3.63) is 29.8 Å².